The Labute approximate surface area is 141 Å². The SMILES string of the molecule is CN(C(=O)c1cnn(C)c1)C1CCN(Cc2ccc(F)cc2)CC1. The summed E-state index contributed by atoms with van der Waals surface area (Å²) in [6.07, 6.45) is 5.26. The molecule has 2 aromatic rings. The molecule has 1 aromatic carbocycles. The second-order valence-corrected chi connectivity index (χ2v) is 6.45. The zero-order chi connectivity index (χ0) is 17.1. The number of hydrogen-bond acceptors (Lipinski definition) is 3. The van der Waals surface area contributed by atoms with Gasteiger partial charge in [0.1, 0.15) is 5.82 Å². The normalized spacial score (nSPS) is 16.3. The Morgan fingerprint density at radius 3 is 2.54 bits per heavy atom. The van der Waals surface area contributed by atoms with Gasteiger partial charge in [-0.3, -0.25) is 14.4 Å². The van der Waals surface area contributed by atoms with Gasteiger partial charge < -0.3 is 4.90 Å². The van der Waals surface area contributed by atoms with E-state index in [1.54, 1.807) is 17.1 Å². The summed E-state index contributed by atoms with van der Waals surface area (Å²) >= 11 is 0. The van der Waals surface area contributed by atoms with Crippen LogP contribution in [0.5, 0.6) is 0 Å². The van der Waals surface area contributed by atoms with Gasteiger partial charge in [0.15, 0.2) is 0 Å². The van der Waals surface area contributed by atoms with Crippen LogP contribution < -0.4 is 0 Å². The molecule has 0 aliphatic carbocycles. The summed E-state index contributed by atoms with van der Waals surface area (Å²) in [7, 11) is 3.68. The second-order valence-electron chi connectivity index (χ2n) is 6.45. The monoisotopic (exact) mass is 330 g/mol. The molecule has 3 rings (SSSR count). The lowest BCUT2D eigenvalue weighted by Gasteiger charge is -2.36. The maximum absolute atomic E-state index is 13.0. The third kappa shape index (κ3) is 3.82. The topological polar surface area (TPSA) is 41.4 Å². The first-order chi connectivity index (χ1) is 11.5. The molecule has 0 saturated carbocycles. The van der Waals surface area contributed by atoms with Crippen LogP contribution >= 0.6 is 0 Å². The van der Waals surface area contributed by atoms with E-state index in [0.717, 1.165) is 38.0 Å². The summed E-state index contributed by atoms with van der Waals surface area (Å²) in [6, 6.07) is 6.92. The van der Waals surface area contributed by atoms with Crippen molar-refractivity contribution in [1.29, 1.82) is 0 Å². The highest BCUT2D eigenvalue weighted by Gasteiger charge is 2.26. The lowest BCUT2D eigenvalue weighted by Crippen LogP contribution is -2.45. The molecule has 1 amide bonds. The van der Waals surface area contributed by atoms with E-state index in [0.29, 0.717) is 5.56 Å². The maximum Gasteiger partial charge on any atom is 0.257 e. The number of benzene rings is 1. The number of piperidine rings is 1. The Bertz CT molecular complexity index is 689. The highest BCUT2D eigenvalue weighted by Crippen LogP contribution is 2.19. The van der Waals surface area contributed by atoms with Crippen molar-refractivity contribution in [3.8, 4) is 0 Å². The average molecular weight is 330 g/mol. The molecular weight excluding hydrogens is 307 g/mol. The smallest absolute Gasteiger partial charge is 0.257 e. The number of amides is 1. The molecule has 0 atom stereocenters. The lowest BCUT2D eigenvalue weighted by molar-refractivity contribution is 0.0636. The van der Waals surface area contributed by atoms with Crippen molar-refractivity contribution in [2.75, 3.05) is 20.1 Å². The van der Waals surface area contributed by atoms with Gasteiger partial charge in [-0.15, -0.1) is 0 Å². The minimum Gasteiger partial charge on any atom is -0.339 e. The van der Waals surface area contributed by atoms with Crippen molar-refractivity contribution in [2.45, 2.75) is 25.4 Å². The summed E-state index contributed by atoms with van der Waals surface area (Å²) in [5, 5.41) is 4.06. The van der Waals surface area contributed by atoms with Crippen molar-refractivity contribution < 1.29 is 9.18 Å². The number of carbonyl (C=O) groups excluding carboxylic acids is 1. The van der Waals surface area contributed by atoms with Gasteiger partial charge in [-0.05, 0) is 30.5 Å². The Morgan fingerprint density at radius 1 is 1.29 bits per heavy atom. The molecule has 0 radical (unpaired) electrons. The Kier molecular flexibility index (Phi) is 4.94. The quantitative estimate of drug-likeness (QED) is 0.864. The van der Waals surface area contributed by atoms with E-state index >= 15 is 0 Å². The van der Waals surface area contributed by atoms with Crippen molar-refractivity contribution >= 4 is 5.91 Å². The van der Waals surface area contributed by atoms with Crippen molar-refractivity contribution in [1.82, 2.24) is 19.6 Å². The number of aromatic nitrogens is 2. The van der Waals surface area contributed by atoms with Crippen LogP contribution in [0.2, 0.25) is 0 Å². The van der Waals surface area contributed by atoms with Gasteiger partial charge in [-0.2, -0.15) is 5.10 Å². The van der Waals surface area contributed by atoms with E-state index in [1.807, 2.05) is 31.1 Å². The Morgan fingerprint density at radius 2 is 1.96 bits per heavy atom. The van der Waals surface area contributed by atoms with Crippen molar-refractivity contribution in [3.05, 3.63) is 53.6 Å². The first-order valence-corrected chi connectivity index (χ1v) is 8.25. The third-order valence-electron chi connectivity index (χ3n) is 4.70. The molecule has 0 spiro atoms. The molecule has 5 nitrogen and oxygen atoms in total. The third-order valence-corrected chi connectivity index (χ3v) is 4.70. The van der Waals surface area contributed by atoms with E-state index in [9.17, 15) is 9.18 Å². The molecule has 6 heteroatoms. The van der Waals surface area contributed by atoms with E-state index < -0.39 is 0 Å². The van der Waals surface area contributed by atoms with Gasteiger partial charge in [-0.1, -0.05) is 12.1 Å². The summed E-state index contributed by atoms with van der Waals surface area (Å²) in [6.45, 7) is 2.70. The van der Waals surface area contributed by atoms with Crippen LogP contribution in [0.3, 0.4) is 0 Å². The summed E-state index contributed by atoms with van der Waals surface area (Å²) in [5.41, 5.74) is 1.75. The fourth-order valence-corrected chi connectivity index (χ4v) is 3.21. The second kappa shape index (κ2) is 7.13. The van der Waals surface area contributed by atoms with Gasteiger partial charge in [-0.25, -0.2) is 4.39 Å². The Hall–Kier alpha value is -2.21. The van der Waals surface area contributed by atoms with Gasteiger partial charge in [0.05, 0.1) is 11.8 Å². The van der Waals surface area contributed by atoms with E-state index in [-0.39, 0.29) is 17.8 Å². The predicted molar refractivity (Wildman–Crippen MR) is 90.0 cm³/mol. The van der Waals surface area contributed by atoms with Crippen LogP contribution in [0.1, 0.15) is 28.8 Å². The average Bonchev–Trinajstić information content (AvgIpc) is 3.03. The predicted octanol–water partition coefficient (Wildman–Crippen LogP) is 2.30. The number of aryl methyl sites for hydroxylation is 1. The van der Waals surface area contributed by atoms with Crippen LogP contribution in [0.4, 0.5) is 4.39 Å². The minimum atomic E-state index is -0.201. The van der Waals surface area contributed by atoms with Crippen LogP contribution in [0.15, 0.2) is 36.7 Å². The number of hydrogen-bond donors (Lipinski definition) is 0. The van der Waals surface area contributed by atoms with Crippen LogP contribution in [-0.2, 0) is 13.6 Å². The largest absolute Gasteiger partial charge is 0.339 e. The molecule has 1 aliphatic rings. The number of halogens is 1. The maximum atomic E-state index is 13.0. The van der Waals surface area contributed by atoms with Gasteiger partial charge >= 0.3 is 0 Å². The molecule has 0 bridgehead atoms. The summed E-state index contributed by atoms with van der Waals surface area (Å²) in [5.74, 6) is -0.173. The zero-order valence-electron chi connectivity index (χ0n) is 14.2. The number of likely N-dealkylation sites (tertiary alicyclic amines) is 1. The fourth-order valence-electron chi connectivity index (χ4n) is 3.21. The van der Waals surface area contributed by atoms with Crippen molar-refractivity contribution in [2.24, 2.45) is 7.05 Å². The van der Waals surface area contributed by atoms with Gasteiger partial charge in [0.2, 0.25) is 0 Å². The molecule has 1 aliphatic heterocycles. The van der Waals surface area contributed by atoms with Crippen LogP contribution in [-0.4, -0.2) is 51.7 Å². The van der Waals surface area contributed by atoms with Gasteiger partial charge in [0, 0.05) is 46.0 Å². The Balaban J connectivity index is 1.52. The first-order valence-electron chi connectivity index (χ1n) is 8.25. The van der Waals surface area contributed by atoms with Crippen molar-refractivity contribution in [3.63, 3.8) is 0 Å². The van der Waals surface area contributed by atoms with E-state index in [2.05, 4.69) is 10.00 Å². The lowest BCUT2D eigenvalue weighted by atomic mass is 10.0. The van der Waals surface area contributed by atoms with E-state index in [4.69, 9.17) is 0 Å². The van der Waals surface area contributed by atoms with Crippen LogP contribution in [0, 0.1) is 5.82 Å². The highest BCUT2D eigenvalue weighted by atomic mass is 19.1. The molecule has 24 heavy (non-hydrogen) atoms. The first kappa shape index (κ1) is 16.6. The number of rotatable bonds is 4. The molecule has 128 valence electrons. The molecule has 0 unspecified atom stereocenters. The van der Waals surface area contributed by atoms with Gasteiger partial charge in [0.25, 0.3) is 5.91 Å². The van der Waals surface area contributed by atoms with Crippen LogP contribution in [0.25, 0.3) is 0 Å². The molecule has 1 aromatic heterocycles. The highest BCUT2D eigenvalue weighted by molar-refractivity contribution is 5.93. The van der Waals surface area contributed by atoms with E-state index in [1.165, 1.54) is 12.1 Å². The molecule has 1 fully saturated rings. The summed E-state index contributed by atoms with van der Waals surface area (Å²) < 4.78 is 14.6. The molecule has 0 N–H and O–H groups in total. The molecule has 2 heterocycles. The molecule has 1 saturated heterocycles. The standard InChI is InChI=1S/C18H23FN4O/c1-21-13-15(11-20-21)18(24)22(2)17-7-9-23(10-8-17)12-14-3-5-16(19)6-4-14/h3-6,11,13,17H,7-10,12H2,1-2H3. The number of carbonyl (C=O) groups is 1. The minimum absolute atomic E-state index is 0.0279. The summed E-state index contributed by atoms with van der Waals surface area (Å²) in [4.78, 5) is 16.7. The molecular formula is C18H23FN4O. The fraction of sp³-hybridized carbons (Fsp3) is 0.444. The number of nitrogens with zero attached hydrogens (tertiary/aromatic N) is 4. The zero-order valence-corrected chi connectivity index (χ0v) is 14.2.